The van der Waals surface area contributed by atoms with E-state index in [1.54, 1.807) is 4.90 Å². The third kappa shape index (κ3) is 6.70. The molecule has 1 aromatic carbocycles. The van der Waals surface area contributed by atoms with Gasteiger partial charge in [0.1, 0.15) is 10.3 Å². The van der Waals surface area contributed by atoms with Crippen molar-refractivity contribution >= 4 is 17.5 Å². The minimum atomic E-state index is -1.16. The number of hydrogen-bond acceptors (Lipinski definition) is 4. The topological polar surface area (TPSA) is 64.6 Å². The van der Waals surface area contributed by atoms with Crippen LogP contribution in [0.4, 0.5) is 4.79 Å². The number of ether oxygens (including phenoxy) is 1. The number of piperidine rings is 1. The molecule has 1 saturated heterocycles. The summed E-state index contributed by atoms with van der Waals surface area (Å²) in [6.45, 7) is 12.9. The number of likely N-dealkylation sites (tertiary alicyclic amines) is 1. The van der Waals surface area contributed by atoms with Crippen LogP contribution in [-0.2, 0) is 16.1 Å². The largest absolute Gasteiger partial charge is 0.598 e. The van der Waals surface area contributed by atoms with Crippen molar-refractivity contribution in [1.82, 2.24) is 9.62 Å². The normalized spacial score (nSPS) is 18.9. The third-order valence-electron chi connectivity index (χ3n) is 4.61. The van der Waals surface area contributed by atoms with Gasteiger partial charge in [0, 0.05) is 24.5 Å². The number of nitrogens with one attached hydrogen (secondary N) is 1. The van der Waals surface area contributed by atoms with Gasteiger partial charge >= 0.3 is 6.09 Å². The van der Waals surface area contributed by atoms with E-state index in [1.165, 1.54) is 0 Å². The number of benzene rings is 1. The summed E-state index contributed by atoms with van der Waals surface area (Å²) in [5.41, 5.74) is 0.664. The second kappa shape index (κ2) is 8.84. The number of amides is 1. The highest BCUT2D eigenvalue weighted by atomic mass is 32.2. The molecule has 1 N–H and O–H groups in total. The van der Waals surface area contributed by atoms with Gasteiger partial charge in [-0.25, -0.2) is 4.79 Å². The molecule has 1 amide bonds. The minimum Gasteiger partial charge on any atom is -0.598 e. The SMILES string of the molecule is CC(C)(C)OC(=O)N1CCC([C@@H](N[S+]([O-])C(C)(C)C)c2ccccc2)CC1. The van der Waals surface area contributed by atoms with Gasteiger partial charge in [0.25, 0.3) is 0 Å². The molecular formula is C21H34N2O3S. The van der Waals surface area contributed by atoms with E-state index >= 15 is 0 Å². The molecule has 0 radical (unpaired) electrons. The number of carbonyl (C=O) groups is 1. The van der Waals surface area contributed by atoms with Crippen LogP contribution >= 0.6 is 0 Å². The monoisotopic (exact) mass is 394 g/mol. The molecule has 1 fully saturated rings. The maximum absolute atomic E-state index is 12.7. The second-order valence-corrected chi connectivity index (χ2v) is 11.2. The average Bonchev–Trinajstić information content (AvgIpc) is 2.58. The lowest BCUT2D eigenvalue weighted by molar-refractivity contribution is 0.0172. The van der Waals surface area contributed by atoms with Gasteiger partial charge in [-0.3, -0.25) is 0 Å². The van der Waals surface area contributed by atoms with Gasteiger partial charge in [0.05, 0.1) is 6.04 Å². The molecule has 1 aliphatic heterocycles. The fourth-order valence-electron chi connectivity index (χ4n) is 3.13. The molecule has 27 heavy (non-hydrogen) atoms. The molecule has 0 aliphatic carbocycles. The summed E-state index contributed by atoms with van der Waals surface area (Å²) < 4.78 is 21.3. The van der Waals surface area contributed by atoms with Crippen molar-refractivity contribution in [3.63, 3.8) is 0 Å². The van der Waals surface area contributed by atoms with Crippen molar-refractivity contribution in [3.05, 3.63) is 35.9 Å². The number of carbonyl (C=O) groups excluding carboxylic acids is 1. The molecular weight excluding hydrogens is 360 g/mol. The quantitative estimate of drug-likeness (QED) is 0.768. The smallest absolute Gasteiger partial charge is 0.410 e. The van der Waals surface area contributed by atoms with Gasteiger partial charge in [0.15, 0.2) is 0 Å². The van der Waals surface area contributed by atoms with Crippen LogP contribution in [0.2, 0.25) is 0 Å². The molecule has 0 aromatic heterocycles. The summed E-state index contributed by atoms with van der Waals surface area (Å²) in [5, 5.41) is 0. The van der Waals surface area contributed by atoms with Gasteiger partial charge < -0.3 is 14.2 Å². The highest BCUT2D eigenvalue weighted by Gasteiger charge is 2.36. The van der Waals surface area contributed by atoms with Gasteiger partial charge in [-0.05, 0) is 65.9 Å². The van der Waals surface area contributed by atoms with Crippen LogP contribution < -0.4 is 4.72 Å². The first-order chi connectivity index (χ1) is 12.5. The zero-order valence-corrected chi connectivity index (χ0v) is 18.3. The van der Waals surface area contributed by atoms with Crippen molar-refractivity contribution in [1.29, 1.82) is 0 Å². The van der Waals surface area contributed by atoms with Crippen molar-refractivity contribution in [2.24, 2.45) is 5.92 Å². The lowest BCUT2D eigenvalue weighted by Gasteiger charge is -2.38. The Morgan fingerprint density at radius 3 is 2.19 bits per heavy atom. The molecule has 6 heteroatoms. The summed E-state index contributed by atoms with van der Waals surface area (Å²) in [5.74, 6) is 0.317. The lowest BCUT2D eigenvalue weighted by Crippen LogP contribution is -2.47. The summed E-state index contributed by atoms with van der Waals surface area (Å²) in [4.78, 5) is 14.1. The van der Waals surface area contributed by atoms with E-state index in [-0.39, 0.29) is 16.9 Å². The van der Waals surface area contributed by atoms with E-state index in [9.17, 15) is 9.35 Å². The van der Waals surface area contributed by atoms with Crippen LogP contribution in [0.3, 0.4) is 0 Å². The number of hydrogen-bond donors (Lipinski definition) is 1. The van der Waals surface area contributed by atoms with Crippen LogP contribution in [0.15, 0.2) is 30.3 Å². The predicted octanol–water partition coefficient (Wildman–Crippen LogP) is 4.43. The van der Waals surface area contributed by atoms with Crippen LogP contribution in [0.5, 0.6) is 0 Å². The van der Waals surface area contributed by atoms with Crippen LogP contribution in [0, 0.1) is 5.92 Å². The Hall–Kier alpha value is -1.24. The van der Waals surface area contributed by atoms with E-state index in [0.717, 1.165) is 18.4 Å². The zero-order chi connectivity index (χ0) is 20.2. The van der Waals surface area contributed by atoms with Gasteiger partial charge in [-0.2, -0.15) is 0 Å². The first kappa shape index (κ1) is 22.1. The summed E-state index contributed by atoms with van der Waals surface area (Å²) in [6.07, 6.45) is 1.46. The Morgan fingerprint density at radius 2 is 1.70 bits per heavy atom. The average molecular weight is 395 g/mol. The maximum atomic E-state index is 12.7. The van der Waals surface area contributed by atoms with Crippen molar-refractivity contribution < 1.29 is 14.1 Å². The molecule has 1 unspecified atom stereocenters. The molecule has 1 aromatic rings. The zero-order valence-electron chi connectivity index (χ0n) is 17.5. The molecule has 0 saturated carbocycles. The summed E-state index contributed by atoms with van der Waals surface area (Å²) in [7, 11) is 0. The summed E-state index contributed by atoms with van der Waals surface area (Å²) >= 11 is -1.16. The Bertz CT molecular complexity index is 602. The van der Waals surface area contributed by atoms with Gasteiger partial charge in [-0.15, -0.1) is 4.72 Å². The highest BCUT2D eigenvalue weighted by Crippen LogP contribution is 2.33. The predicted molar refractivity (Wildman–Crippen MR) is 111 cm³/mol. The van der Waals surface area contributed by atoms with Crippen LogP contribution in [-0.4, -0.2) is 39.0 Å². The Labute approximate surface area is 167 Å². The number of rotatable bonds is 4. The van der Waals surface area contributed by atoms with Gasteiger partial charge in [0.2, 0.25) is 0 Å². The standard InChI is InChI=1S/C21H34N2O3S/c1-20(2,3)26-19(24)23-14-12-17(13-15-23)18(16-10-8-7-9-11-16)22-27(25)21(4,5)6/h7-11,17-18,22H,12-15H2,1-6H3/t18-,27?/m0/s1. The molecule has 0 bridgehead atoms. The number of nitrogens with zero attached hydrogens (tertiary/aromatic N) is 1. The Balaban J connectivity index is 2.06. The minimum absolute atomic E-state index is 0.00652. The fourth-order valence-corrected chi connectivity index (χ4v) is 4.04. The maximum Gasteiger partial charge on any atom is 0.410 e. The van der Waals surface area contributed by atoms with Crippen molar-refractivity contribution in [3.8, 4) is 0 Å². The van der Waals surface area contributed by atoms with E-state index in [2.05, 4.69) is 16.9 Å². The van der Waals surface area contributed by atoms with Crippen LogP contribution in [0.25, 0.3) is 0 Å². The van der Waals surface area contributed by atoms with E-state index in [0.29, 0.717) is 19.0 Å². The molecule has 0 spiro atoms. The molecule has 5 nitrogen and oxygen atoms in total. The molecule has 1 aliphatic rings. The third-order valence-corrected chi connectivity index (χ3v) is 6.19. The first-order valence-electron chi connectivity index (χ1n) is 9.68. The molecule has 1 heterocycles. The van der Waals surface area contributed by atoms with Crippen LogP contribution in [0.1, 0.15) is 66.0 Å². The molecule has 152 valence electrons. The van der Waals surface area contributed by atoms with Gasteiger partial charge in [-0.1, -0.05) is 30.3 Å². The first-order valence-corrected chi connectivity index (χ1v) is 10.8. The highest BCUT2D eigenvalue weighted by molar-refractivity contribution is 7.90. The van der Waals surface area contributed by atoms with E-state index < -0.39 is 17.0 Å². The fraction of sp³-hybridized carbons (Fsp3) is 0.667. The molecule has 2 atom stereocenters. The molecule has 2 rings (SSSR count). The summed E-state index contributed by atoms with van der Waals surface area (Å²) in [6, 6.07) is 10.2. The Kier molecular flexibility index (Phi) is 7.22. The lowest BCUT2D eigenvalue weighted by atomic mass is 9.86. The van der Waals surface area contributed by atoms with Crippen molar-refractivity contribution in [2.45, 2.75) is 70.8 Å². The van der Waals surface area contributed by atoms with Crippen molar-refractivity contribution in [2.75, 3.05) is 13.1 Å². The second-order valence-electron chi connectivity index (χ2n) is 9.19. The Morgan fingerprint density at radius 1 is 1.15 bits per heavy atom. The van der Waals surface area contributed by atoms with E-state index in [4.69, 9.17) is 4.74 Å². The van der Waals surface area contributed by atoms with E-state index in [1.807, 2.05) is 59.7 Å².